The van der Waals surface area contributed by atoms with Crippen LogP contribution >= 0.6 is 11.3 Å². The first-order valence-corrected chi connectivity index (χ1v) is 8.71. The quantitative estimate of drug-likeness (QED) is 0.759. The van der Waals surface area contributed by atoms with Crippen molar-refractivity contribution in [2.24, 2.45) is 0 Å². The van der Waals surface area contributed by atoms with Crippen LogP contribution in [0.4, 0.5) is 0 Å². The molecule has 0 aliphatic heterocycles. The number of methoxy groups -OCH3 is 1. The highest BCUT2D eigenvalue weighted by Crippen LogP contribution is 2.22. The van der Waals surface area contributed by atoms with Gasteiger partial charge in [-0.25, -0.2) is 0 Å². The van der Waals surface area contributed by atoms with Gasteiger partial charge in [-0.2, -0.15) is 0 Å². The first-order chi connectivity index (χ1) is 10.7. The number of phenols is 1. The third-order valence-electron chi connectivity index (χ3n) is 3.74. The summed E-state index contributed by atoms with van der Waals surface area (Å²) in [5.74, 6) is 0.334. The third-order valence-corrected chi connectivity index (χ3v) is 4.68. The largest absolute Gasteiger partial charge is 0.508 e. The van der Waals surface area contributed by atoms with Gasteiger partial charge in [0, 0.05) is 13.1 Å². The van der Waals surface area contributed by atoms with Crippen LogP contribution in [0.3, 0.4) is 0 Å². The van der Waals surface area contributed by atoms with E-state index in [1.54, 1.807) is 30.6 Å². The average Bonchev–Trinajstić information content (AvgIpc) is 3.00. The van der Waals surface area contributed by atoms with E-state index in [-0.39, 0.29) is 0 Å². The highest BCUT2D eigenvalue weighted by atomic mass is 32.1. The summed E-state index contributed by atoms with van der Waals surface area (Å²) < 4.78 is 5.25. The maximum atomic E-state index is 9.33. The Balaban J connectivity index is 1.82. The second-order valence-corrected chi connectivity index (χ2v) is 6.36. The van der Waals surface area contributed by atoms with Crippen molar-refractivity contribution in [1.29, 1.82) is 0 Å². The lowest BCUT2D eigenvalue weighted by Crippen LogP contribution is -2.29. The zero-order valence-corrected chi connectivity index (χ0v) is 14.2. The molecule has 2 aromatic rings. The SMILES string of the molecule is CCCN(CCc1ccc(O)cc1)CCc1csc(OC)c1. The summed E-state index contributed by atoms with van der Waals surface area (Å²) in [6.07, 6.45) is 3.26. The van der Waals surface area contributed by atoms with E-state index in [4.69, 9.17) is 4.74 Å². The molecule has 0 saturated carbocycles. The van der Waals surface area contributed by atoms with Gasteiger partial charge >= 0.3 is 0 Å². The Kier molecular flexibility index (Phi) is 6.74. The number of phenolic OH excluding ortho intramolecular Hbond substituents is 1. The van der Waals surface area contributed by atoms with Crippen molar-refractivity contribution >= 4 is 11.3 Å². The van der Waals surface area contributed by atoms with E-state index in [2.05, 4.69) is 23.3 Å². The monoisotopic (exact) mass is 319 g/mol. The van der Waals surface area contributed by atoms with Gasteiger partial charge in [-0.05, 0) is 60.5 Å². The molecule has 4 heteroatoms. The van der Waals surface area contributed by atoms with Crippen molar-refractivity contribution in [3.05, 3.63) is 46.8 Å². The van der Waals surface area contributed by atoms with Gasteiger partial charge in [0.2, 0.25) is 0 Å². The molecule has 1 heterocycles. The number of ether oxygens (including phenoxy) is 1. The van der Waals surface area contributed by atoms with Crippen LogP contribution in [-0.4, -0.2) is 36.8 Å². The second kappa shape index (κ2) is 8.81. The molecule has 3 nitrogen and oxygen atoms in total. The van der Waals surface area contributed by atoms with Crippen LogP contribution in [-0.2, 0) is 12.8 Å². The summed E-state index contributed by atoms with van der Waals surface area (Å²) in [6.45, 7) is 5.48. The van der Waals surface area contributed by atoms with Crippen molar-refractivity contribution < 1.29 is 9.84 Å². The Morgan fingerprint density at radius 3 is 2.32 bits per heavy atom. The van der Waals surface area contributed by atoms with E-state index in [0.29, 0.717) is 5.75 Å². The molecule has 22 heavy (non-hydrogen) atoms. The molecule has 0 radical (unpaired) electrons. The van der Waals surface area contributed by atoms with Crippen molar-refractivity contribution in [3.63, 3.8) is 0 Å². The van der Waals surface area contributed by atoms with Crippen molar-refractivity contribution in [2.45, 2.75) is 26.2 Å². The lowest BCUT2D eigenvalue weighted by molar-refractivity contribution is 0.281. The van der Waals surface area contributed by atoms with E-state index in [1.165, 1.54) is 17.5 Å². The summed E-state index contributed by atoms with van der Waals surface area (Å²) in [7, 11) is 1.72. The fraction of sp³-hybridized carbons (Fsp3) is 0.444. The predicted molar refractivity (Wildman–Crippen MR) is 93.1 cm³/mol. The molecule has 0 unspecified atom stereocenters. The second-order valence-electron chi connectivity index (χ2n) is 5.49. The van der Waals surface area contributed by atoms with Gasteiger partial charge in [-0.1, -0.05) is 19.1 Å². The van der Waals surface area contributed by atoms with Gasteiger partial charge in [0.05, 0.1) is 7.11 Å². The van der Waals surface area contributed by atoms with E-state index < -0.39 is 0 Å². The normalized spacial score (nSPS) is 11.0. The minimum Gasteiger partial charge on any atom is -0.508 e. The molecule has 0 atom stereocenters. The lowest BCUT2D eigenvalue weighted by atomic mass is 10.1. The third kappa shape index (κ3) is 5.35. The number of nitrogens with zero attached hydrogens (tertiary/aromatic N) is 1. The predicted octanol–water partition coefficient (Wildman–Crippen LogP) is 3.96. The minimum atomic E-state index is 0.334. The molecule has 120 valence electrons. The Morgan fingerprint density at radius 2 is 1.73 bits per heavy atom. The molecule has 0 amide bonds. The fourth-order valence-corrected chi connectivity index (χ4v) is 3.25. The number of rotatable bonds is 9. The fourth-order valence-electron chi connectivity index (χ4n) is 2.48. The topological polar surface area (TPSA) is 32.7 Å². The van der Waals surface area contributed by atoms with Gasteiger partial charge in [-0.3, -0.25) is 0 Å². The van der Waals surface area contributed by atoms with Crippen molar-refractivity contribution in [3.8, 4) is 10.8 Å². The Hall–Kier alpha value is -1.52. The summed E-state index contributed by atoms with van der Waals surface area (Å²) in [5, 5.41) is 12.5. The Bertz CT molecular complexity index is 550. The number of thiophene rings is 1. The maximum absolute atomic E-state index is 9.33. The smallest absolute Gasteiger partial charge is 0.173 e. The van der Waals surface area contributed by atoms with Crippen LogP contribution in [0, 0.1) is 0 Å². The first kappa shape index (κ1) is 16.8. The lowest BCUT2D eigenvalue weighted by Gasteiger charge is -2.21. The molecule has 0 spiro atoms. The Labute approximate surface area is 137 Å². The molecule has 0 aliphatic carbocycles. The van der Waals surface area contributed by atoms with Crippen LogP contribution in [0.5, 0.6) is 10.8 Å². The zero-order chi connectivity index (χ0) is 15.8. The zero-order valence-electron chi connectivity index (χ0n) is 13.4. The van der Waals surface area contributed by atoms with Crippen molar-refractivity contribution in [1.82, 2.24) is 4.90 Å². The molecular weight excluding hydrogens is 294 g/mol. The van der Waals surface area contributed by atoms with Crippen LogP contribution in [0.2, 0.25) is 0 Å². The molecule has 1 aromatic carbocycles. The molecule has 1 N–H and O–H groups in total. The number of hydrogen-bond acceptors (Lipinski definition) is 4. The molecule has 0 bridgehead atoms. The molecular formula is C18H25NO2S. The molecule has 0 aliphatic rings. The summed E-state index contributed by atoms with van der Waals surface area (Å²) in [5.41, 5.74) is 2.63. The van der Waals surface area contributed by atoms with E-state index >= 15 is 0 Å². The van der Waals surface area contributed by atoms with E-state index in [0.717, 1.165) is 37.5 Å². The van der Waals surface area contributed by atoms with Gasteiger partial charge in [-0.15, -0.1) is 11.3 Å². The number of aromatic hydroxyl groups is 1. The van der Waals surface area contributed by atoms with Crippen LogP contribution in [0.15, 0.2) is 35.7 Å². The average molecular weight is 319 g/mol. The van der Waals surface area contributed by atoms with Gasteiger partial charge < -0.3 is 14.7 Å². The summed E-state index contributed by atoms with van der Waals surface area (Å²) in [6, 6.07) is 9.66. The summed E-state index contributed by atoms with van der Waals surface area (Å²) in [4.78, 5) is 2.51. The highest BCUT2D eigenvalue weighted by molar-refractivity contribution is 7.12. The van der Waals surface area contributed by atoms with E-state index in [9.17, 15) is 5.11 Å². The highest BCUT2D eigenvalue weighted by Gasteiger charge is 2.06. The van der Waals surface area contributed by atoms with Crippen LogP contribution < -0.4 is 4.74 Å². The number of hydrogen-bond donors (Lipinski definition) is 1. The standard InChI is InChI=1S/C18H25NO2S/c1-3-10-19(11-8-15-4-6-17(20)7-5-15)12-9-16-13-18(21-2)22-14-16/h4-7,13-14,20H,3,8-12H2,1-2H3. The Morgan fingerprint density at radius 1 is 1.05 bits per heavy atom. The van der Waals surface area contributed by atoms with Gasteiger partial charge in [0.1, 0.15) is 5.75 Å². The van der Waals surface area contributed by atoms with Crippen LogP contribution in [0.1, 0.15) is 24.5 Å². The maximum Gasteiger partial charge on any atom is 0.173 e. The molecule has 0 fully saturated rings. The van der Waals surface area contributed by atoms with E-state index in [1.807, 2.05) is 12.1 Å². The molecule has 2 rings (SSSR count). The number of benzene rings is 1. The van der Waals surface area contributed by atoms with Gasteiger partial charge in [0.15, 0.2) is 5.06 Å². The molecule has 0 saturated heterocycles. The summed E-state index contributed by atoms with van der Waals surface area (Å²) >= 11 is 1.66. The molecule has 1 aromatic heterocycles. The first-order valence-electron chi connectivity index (χ1n) is 7.83. The van der Waals surface area contributed by atoms with Gasteiger partial charge in [0.25, 0.3) is 0 Å². The minimum absolute atomic E-state index is 0.334. The van der Waals surface area contributed by atoms with Crippen LogP contribution in [0.25, 0.3) is 0 Å². The van der Waals surface area contributed by atoms with Crippen molar-refractivity contribution in [2.75, 3.05) is 26.7 Å².